The van der Waals surface area contributed by atoms with E-state index in [4.69, 9.17) is 0 Å². The minimum absolute atomic E-state index is 0.796. The van der Waals surface area contributed by atoms with Gasteiger partial charge >= 0.3 is 0 Å². The Balaban J connectivity index is 2.12. The van der Waals surface area contributed by atoms with E-state index in [2.05, 4.69) is 20.3 Å². The lowest BCUT2D eigenvalue weighted by Crippen LogP contribution is -2.34. The van der Waals surface area contributed by atoms with Crippen LogP contribution >= 0.6 is 0 Å². The molecule has 0 fully saturated rings. The van der Waals surface area contributed by atoms with Gasteiger partial charge in [0, 0.05) is 12.6 Å². The number of aromatic amines is 1. The molecule has 0 atom stereocenters. The minimum atomic E-state index is 0.796. The molecule has 18 heavy (non-hydrogen) atoms. The predicted molar refractivity (Wildman–Crippen MR) is 69.5 cm³/mol. The first-order valence-corrected chi connectivity index (χ1v) is 5.77. The fourth-order valence-electron chi connectivity index (χ4n) is 1.91. The topological polar surface area (TPSA) is 57.5 Å². The summed E-state index contributed by atoms with van der Waals surface area (Å²) >= 11 is 0. The quantitative estimate of drug-likeness (QED) is 0.672. The molecule has 0 unspecified atom stereocenters. The van der Waals surface area contributed by atoms with Crippen molar-refractivity contribution in [2.24, 2.45) is 7.05 Å². The van der Waals surface area contributed by atoms with Crippen molar-refractivity contribution in [3.8, 4) is 0 Å². The van der Waals surface area contributed by atoms with Gasteiger partial charge in [-0.15, -0.1) is 0 Å². The fraction of sp³-hybridized carbons (Fsp3) is 0.154. The molecule has 1 aromatic carbocycles. The molecule has 0 saturated heterocycles. The number of hydrogen-bond acceptors (Lipinski definition) is 3. The van der Waals surface area contributed by atoms with Crippen LogP contribution in [0.2, 0.25) is 0 Å². The molecule has 2 heterocycles. The number of aromatic nitrogens is 4. The van der Waals surface area contributed by atoms with Crippen molar-refractivity contribution in [1.29, 1.82) is 0 Å². The van der Waals surface area contributed by atoms with Crippen LogP contribution in [0, 0.1) is 6.92 Å². The maximum Gasteiger partial charge on any atom is 0.293 e. The summed E-state index contributed by atoms with van der Waals surface area (Å²) in [4.78, 5) is 12.0. The van der Waals surface area contributed by atoms with Crippen molar-refractivity contribution in [2.45, 2.75) is 6.92 Å². The summed E-state index contributed by atoms with van der Waals surface area (Å²) in [6.07, 6.45) is 1.68. The van der Waals surface area contributed by atoms with Crippen LogP contribution in [0.15, 0.2) is 36.7 Å². The highest BCUT2D eigenvalue weighted by Gasteiger charge is 2.17. The zero-order chi connectivity index (χ0) is 12.5. The maximum atomic E-state index is 4.55. The van der Waals surface area contributed by atoms with Gasteiger partial charge in [0.2, 0.25) is 11.6 Å². The van der Waals surface area contributed by atoms with Crippen molar-refractivity contribution < 1.29 is 4.57 Å². The Morgan fingerprint density at radius 1 is 1.22 bits per heavy atom. The second-order valence-electron chi connectivity index (χ2n) is 4.16. The smallest absolute Gasteiger partial charge is 0.293 e. The second-order valence-corrected chi connectivity index (χ2v) is 4.16. The van der Waals surface area contributed by atoms with Gasteiger partial charge in [0.15, 0.2) is 11.8 Å². The summed E-state index contributed by atoms with van der Waals surface area (Å²) in [5, 5.41) is 3.31. The lowest BCUT2D eigenvalue weighted by Gasteiger charge is -2.04. The Kier molecular flexibility index (Phi) is 2.44. The van der Waals surface area contributed by atoms with Gasteiger partial charge in [-0.25, -0.2) is 4.57 Å². The van der Waals surface area contributed by atoms with Gasteiger partial charge in [0.1, 0.15) is 0 Å². The van der Waals surface area contributed by atoms with Gasteiger partial charge in [0.05, 0.1) is 7.05 Å². The number of nitrogens with one attached hydrogen (secondary N) is 2. The molecule has 0 bridgehead atoms. The summed E-state index contributed by atoms with van der Waals surface area (Å²) in [7, 11) is 1.96. The number of rotatable bonds is 2. The van der Waals surface area contributed by atoms with Crippen molar-refractivity contribution in [3.05, 3.63) is 42.5 Å². The lowest BCUT2D eigenvalue weighted by atomic mass is 10.3. The first-order chi connectivity index (χ1) is 8.75. The molecule has 0 spiro atoms. The number of anilines is 2. The predicted octanol–water partition coefficient (Wildman–Crippen LogP) is 1.83. The number of aryl methyl sites for hydroxylation is 2. The molecular formula is C13H14N5+. The van der Waals surface area contributed by atoms with E-state index in [0.717, 1.165) is 28.5 Å². The molecule has 0 aliphatic rings. The highest BCUT2D eigenvalue weighted by molar-refractivity contribution is 5.82. The molecule has 5 nitrogen and oxygen atoms in total. The van der Waals surface area contributed by atoms with E-state index in [1.165, 1.54) is 0 Å². The van der Waals surface area contributed by atoms with Crippen LogP contribution in [0.3, 0.4) is 0 Å². The summed E-state index contributed by atoms with van der Waals surface area (Å²) in [6, 6.07) is 9.98. The van der Waals surface area contributed by atoms with Gasteiger partial charge in [-0.2, -0.15) is 0 Å². The number of H-pyrrole nitrogens is 1. The minimum Gasteiger partial charge on any atom is -0.324 e. The fourth-order valence-corrected chi connectivity index (χ4v) is 1.91. The SMILES string of the molecule is Cc1nc(Nc2ccccc2)c2[nH]cnc2[n+]1C. The summed E-state index contributed by atoms with van der Waals surface area (Å²) in [6.45, 7) is 1.96. The number of benzene rings is 1. The third-order valence-electron chi connectivity index (χ3n) is 2.97. The van der Waals surface area contributed by atoms with Crippen LogP contribution in [0.25, 0.3) is 11.2 Å². The Morgan fingerprint density at radius 3 is 2.78 bits per heavy atom. The van der Waals surface area contributed by atoms with Gasteiger partial charge in [-0.1, -0.05) is 28.2 Å². The Hall–Kier alpha value is -2.43. The number of hydrogen-bond donors (Lipinski definition) is 2. The standard InChI is InChI=1S/C13H13N5/c1-9-16-12(17-10-6-4-3-5-7-10)11-13(18(9)2)15-8-14-11/h3-8H,1-2H3,(H,14,15,17)/p+1. The number of imidazole rings is 1. The zero-order valence-electron chi connectivity index (χ0n) is 10.3. The second kappa shape index (κ2) is 4.10. The molecule has 0 aliphatic carbocycles. The van der Waals surface area contributed by atoms with E-state index in [0.29, 0.717) is 0 Å². The molecule has 2 aromatic heterocycles. The molecule has 0 radical (unpaired) electrons. The third kappa shape index (κ3) is 1.69. The normalized spacial score (nSPS) is 10.8. The van der Waals surface area contributed by atoms with Crippen molar-refractivity contribution in [2.75, 3.05) is 5.32 Å². The Labute approximate surface area is 105 Å². The summed E-state index contributed by atoms with van der Waals surface area (Å²) in [5.74, 6) is 1.71. The molecule has 0 saturated carbocycles. The average molecular weight is 240 g/mol. The number of nitrogens with zero attached hydrogens (tertiary/aromatic N) is 3. The van der Waals surface area contributed by atoms with Crippen LogP contribution in [0.4, 0.5) is 11.5 Å². The zero-order valence-corrected chi connectivity index (χ0v) is 10.3. The van der Waals surface area contributed by atoms with Crippen molar-refractivity contribution in [3.63, 3.8) is 0 Å². The van der Waals surface area contributed by atoms with Crippen LogP contribution in [-0.2, 0) is 7.05 Å². The molecule has 0 aliphatic heterocycles. The van der Waals surface area contributed by atoms with E-state index in [1.54, 1.807) is 6.33 Å². The third-order valence-corrected chi connectivity index (χ3v) is 2.97. The Bertz CT molecular complexity index is 687. The highest BCUT2D eigenvalue weighted by Crippen LogP contribution is 2.19. The molecular weight excluding hydrogens is 226 g/mol. The van der Waals surface area contributed by atoms with Crippen LogP contribution in [0.5, 0.6) is 0 Å². The summed E-state index contributed by atoms with van der Waals surface area (Å²) < 4.78 is 1.96. The van der Waals surface area contributed by atoms with E-state index in [1.807, 2.05) is 48.9 Å². The van der Waals surface area contributed by atoms with Crippen molar-refractivity contribution in [1.82, 2.24) is 15.0 Å². The van der Waals surface area contributed by atoms with Crippen molar-refractivity contribution >= 4 is 22.7 Å². The van der Waals surface area contributed by atoms with E-state index in [9.17, 15) is 0 Å². The maximum absolute atomic E-state index is 4.55. The lowest BCUT2D eigenvalue weighted by molar-refractivity contribution is -0.656. The van der Waals surface area contributed by atoms with Crippen LogP contribution in [-0.4, -0.2) is 15.0 Å². The molecule has 2 N–H and O–H groups in total. The first-order valence-electron chi connectivity index (χ1n) is 5.77. The first kappa shape index (κ1) is 10.7. The number of fused-ring (bicyclic) bond motifs is 1. The van der Waals surface area contributed by atoms with E-state index < -0.39 is 0 Å². The van der Waals surface area contributed by atoms with Gasteiger partial charge in [0.25, 0.3) is 5.65 Å². The van der Waals surface area contributed by atoms with Gasteiger partial charge in [-0.3, -0.25) is 0 Å². The molecule has 5 heteroatoms. The molecule has 3 aromatic rings. The number of para-hydroxylation sites is 1. The van der Waals surface area contributed by atoms with E-state index in [-0.39, 0.29) is 0 Å². The molecule has 0 amide bonds. The van der Waals surface area contributed by atoms with Crippen LogP contribution < -0.4 is 9.88 Å². The largest absolute Gasteiger partial charge is 0.324 e. The molecule has 3 rings (SSSR count). The average Bonchev–Trinajstić information content (AvgIpc) is 2.86. The van der Waals surface area contributed by atoms with Crippen LogP contribution in [0.1, 0.15) is 5.82 Å². The van der Waals surface area contributed by atoms with Gasteiger partial charge < -0.3 is 10.3 Å². The van der Waals surface area contributed by atoms with E-state index >= 15 is 0 Å². The molecule has 90 valence electrons. The highest BCUT2D eigenvalue weighted by atomic mass is 15.2. The monoisotopic (exact) mass is 240 g/mol. The summed E-state index contributed by atoms with van der Waals surface area (Å²) in [5.41, 5.74) is 2.81. The Morgan fingerprint density at radius 2 is 2.00 bits per heavy atom. The van der Waals surface area contributed by atoms with Gasteiger partial charge in [-0.05, 0) is 12.1 Å².